The molecule has 8 nitrogen and oxygen atoms in total. The smallest absolute Gasteiger partial charge is 0.338 e. The van der Waals surface area contributed by atoms with Gasteiger partial charge in [0.15, 0.2) is 0 Å². The van der Waals surface area contributed by atoms with Crippen LogP contribution in [0.15, 0.2) is 47.3 Å². The number of aromatic nitrogens is 2. The fourth-order valence-electron chi connectivity index (χ4n) is 4.30. The Hall–Kier alpha value is -3.81. The number of carbonyl (C=O) groups excluding carboxylic acids is 3. The summed E-state index contributed by atoms with van der Waals surface area (Å²) in [7, 11) is 0. The Morgan fingerprint density at radius 1 is 0.969 bits per heavy atom. The van der Waals surface area contributed by atoms with Gasteiger partial charge in [0.2, 0.25) is 0 Å². The molecular weight excluding hydrogens is 410 g/mol. The van der Waals surface area contributed by atoms with Gasteiger partial charge in [-0.15, -0.1) is 0 Å². The largest absolute Gasteiger partial charge is 0.460 e. The van der Waals surface area contributed by atoms with Crippen LogP contribution >= 0.6 is 0 Å². The molecule has 0 spiro atoms. The van der Waals surface area contributed by atoms with E-state index in [1.807, 2.05) is 0 Å². The monoisotopic (exact) mass is 431 g/mol. The van der Waals surface area contributed by atoms with Crippen LogP contribution in [0.3, 0.4) is 0 Å². The molecule has 0 fully saturated rings. The third kappa shape index (κ3) is 3.37. The first-order chi connectivity index (χ1) is 15.5. The van der Waals surface area contributed by atoms with Crippen molar-refractivity contribution in [2.75, 3.05) is 13.2 Å². The number of carbonyl (C=O) groups is 3. The molecule has 0 bridgehead atoms. The molecule has 2 aliphatic rings. The minimum absolute atomic E-state index is 0.0290. The van der Waals surface area contributed by atoms with Crippen LogP contribution in [0.25, 0.3) is 10.9 Å². The van der Waals surface area contributed by atoms with Crippen LogP contribution in [0.1, 0.15) is 56.2 Å². The molecule has 5 rings (SSSR count). The van der Waals surface area contributed by atoms with Crippen LogP contribution in [0.5, 0.6) is 0 Å². The van der Waals surface area contributed by atoms with E-state index in [1.54, 1.807) is 47.0 Å². The lowest BCUT2D eigenvalue weighted by Crippen LogP contribution is -2.33. The zero-order valence-corrected chi connectivity index (χ0v) is 17.4. The zero-order valence-electron chi connectivity index (χ0n) is 17.4. The Balaban J connectivity index is 1.30. The lowest BCUT2D eigenvalue weighted by Gasteiger charge is -2.14. The Morgan fingerprint density at radius 3 is 2.47 bits per heavy atom. The van der Waals surface area contributed by atoms with Crippen molar-refractivity contribution in [1.29, 1.82) is 0 Å². The second kappa shape index (κ2) is 8.03. The topological polar surface area (TPSA) is 98.6 Å². The van der Waals surface area contributed by atoms with E-state index in [0.717, 1.165) is 36.4 Å². The second-order valence-corrected chi connectivity index (χ2v) is 7.97. The lowest BCUT2D eigenvalue weighted by molar-refractivity contribution is 0.0420. The van der Waals surface area contributed by atoms with Gasteiger partial charge in [-0.1, -0.05) is 18.6 Å². The number of amides is 2. The summed E-state index contributed by atoms with van der Waals surface area (Å²) >= 11 is 0. The maximum absolute atomic E-state index is 12.8. The molecule has 0 radical (unpaired) electrons. The van der Waals surface area contributed by atoms with Gasteiger partial charge in [0.25, 0.3) is 17.4 Å². The Labute approximate surface area is 183 Å². The summed E-state index contributed by atoms with van der Waals surface area (Å²) in [4.78, 5) is 55.9. The minimum Gasteiger partial charge on any atom is -0.460 e. The molecule has 0 unspecified atom stereocenters. The fourth-order valence-corrected chi connectivity index (χ4v) is 4.30. The molecule has 8 heteroatoms. The van der Waals surface area contributed by atoms with Gasteiger partial charge in [0.1, 0.15) is 12.4 Å². The predicted octanol–water partition coefficient (Wildman–Crippen LogP) is 2.58. The van der Waals surface area contributed by atoms with E-state index in [2.05, 4.69) is 4.98 Å². The quantitative estimate of drug-likeness (QED) is 0.465. The molecule has 1 aromatic heterocycles. The van der Waals surface area contributed by atoms with Gasteiger partial charge in [-0.05, 0) is 43.2 Å². The van der Waals surface area contributed by atoms with E-state index < -0.39 is 17.8 Å². The first kappa shape index (κ1) is 20.1. The maximum atomic E-state index is 12.8. The van der Waals surface area contributed by atoms with Gasteiger partial charge in [-0.3, -0.25) is 23.9 Å². The van der Waals surface area contributed by atoms with Crippen molar-refractivity contribution in [3.8, 4) is 0 Å². The number of hydrogen-bond donors (Lipinski definition) is 0. The van der Waals surface area contributed by atoms with E-state index in [9.17, 15) is 19.2 Å². The third-order valence-electron chi connectivity index (χ3n) is 5.98. The average Bonchev–Trinajstić information content (AvgIpc) is 2.96. The molecule has 0 aliphatic carbocycles. The first-order valence-corrected chi connectivity index (χ1v) is 10.7. The van der Waals surface area contributed by atoms with Crippen molar-refractivity contribution in [2.45, 2.75) is 32.2 Å². The van der Waals surface area contributed by atoms with Crippen LogP contribution in [0, 0.1) is 0 Å². The molecule has 162 valence electrons. The van der Waals surface area contributed by atoms with Crippen molar-refractivity contribution in [3.05, 3.63) is 75.3 Å². The molecule has 2 aliphatic heterocycles. The fraction of sp³-hybridized carbons (Fsp3) is 0.292. The van der Waals surface area contributed by atoms with Crippen molar-refractivity contribution < 1.29 is 19.1 Å². The van der Waals surface area contributed by atoms with E-state index in [4.69, 9.17) is 4.74 Å². The number of nitrogens with zero attached hydrogens (tertiary/aromatic N) is 3. The summed E-state index contributed by atoms with van der Waals surface area (Å²) in [5.41, 5.74) is 1.37. The predicted molar refractivity (Wildman–Crippen MR) is 116 cm³/mol. The van der Waals surface area contributed by atoms with Crippen LogP contribution in [0.4, 0.5) is 0 Å². The highest BCUT2D eigenvalue weighted by Gasteiger charge is 2.34. The van der Waals surface area contributed by atoms with E-state index >= 15 is 0 Å². The molecule has 2 aromatic carbocycles. The van der Waals surface area contributed by atoms with Gasteiger partial charge in [0.05, 0.1) is 34.1 Å². The molecule has 32 heavy (non-hydrogen) atoms. The Kier molecular flexibility index (Phi) is 5.05. The first-order valence-electron chi connectivity index (χ1n) is 10.7. The number of imide groups is 1. The molecule has 0 N–H and O–H groups in total. The number of benzene rings is 2. The SMILES string of the molecule is O=C(OCCN1C(=O)c2ccccc2C1=O)c1ccc2c(=O)n3c(nc2c1)CCCCC3. The normalized spacial score (nSPS) is 15.4. The van der Waals surface area contributed by atoms with E-state index in [-0.39, 0.29) is 24.3 Å². The second-order valence-electron chi connectivity index (χ2n) is 7.97. The number of rotatable bonds is 4. The maximum Gasteiger partial charge on any atom is 0.338 e. The minimum atomic E-state index is -0.597. The van der Waals surface area contributed by atoms with E-state index in [0.29, 0.717) is 28.6 Å². The molecule has 0 saturated carbocycles. The Morgan fingerprint density at radius 2 is 1.72 bits per heavy atom. The third-order valence-corrected chi connectivity index (χ3v) is 5.98. The highest BCUT2D eigenvalue weighted by atomic mass is 16.5. The van der Waals surface area contributed by atoms with Gasteiger partial charge >= 0.3 is 5.97 Å². The summed E-state index contributed by atoms with van der Waals surface area (Å²) < 4.78 is 7.03. The number of aryl methyl sites for hydroxylation is 1. The van der Waals surface area contributed by atoms with Gasteiger partial charge < -0.3 is 4.74 Å². The summed E-state index contributed by atoms with van der Waals surface area (Å²) in [6, 6.07) is 11.3. The lowest BCUT2D eigenvalue weighted by atomic mass is 10.1. The highest BCUT2D eigenvalue weighted by Crippen LogP contribution is 2.22. The van der Waals surface area contributed by atoms with E-state index in [1.165, 1.54) is 0 Å². The van der Waals surface area contributed by atoms with Crippen molar-refractivity contribution in [1.82, 2.24) is 14.5 Å². The number of ether oxygens (including phenoxy) is 1. The van der Waals surface area contributed by atoms with Crippen molar-refractivity contribution in [2.24, 2.45) is 0 Å². The molecular formula is C24H21N3O5. The zero-order chi connectivity index (χ0) is 22.2. The van der Waals surface area contributed by atoms with Crippen LogP contribution in [-0.2, 0) is 17.7 Å². The summed E-state index contributed by atoms with van der Waals surface area (Å²) in [6.45, 7) is 0.514. The van der Waals surface area contributed by atoms with Crippen LogP contribution in [-0.4, -0.2) is 45.4 Å². The average molecular weight is 431 g/mol. The molecule has 0 saturated heterocycles. The standard InChI is InChI=1S/C24H21N3O5/c28-21-16-6-3-4-7-17(16)22(29)27(21)12-13-32-24(31)15-9-10-18-19(14-15)25-20-8-2-1-5-11-26(20)23(18)30/h3-4,6-7,9-10,14H,1-2,5,8,11-13H2. The van der Waals surface area contributed by atoms with Gasteiger partial charge in [-0.25, -0.2) is 9.78 Å². The molecule has 3 aromatic rings. The van der Waals surface area contributed by atoms with Crippen LogP contribution < -0.4 is 5.56 Å². The summed E-state index contributed by atoms with van der Waals surface area (Å²) in [5, 5.41) is 0.471. The highest BCUT2D eigenvalue weighted by molar-refractivity contribution is 6.21. The van der Waals surface area contributed by atoms with Crippen molar-refractivity contribution >= 4 is 28.7 Å². The Bertz CT molecular complexity index is 1290. The number of hydrogen-bond acceptors (Lipinski definition) is 6. The van der Waals surface area contributed by atoms with Crippen LogP contribution in [0.2, 0.25) is 0 Å². The number of esters is 1. The summed E-state index contributed by atoms with van der Waals surface area (Å²) in [5.74, 6) is -0.632. The number of fused-ring (bicyclic) bond motifs is 3. The van der Waals surface area contributed by atoms with Crippen molar-refractivity contribution in [3.63, 3.8) is 0 Å². The summed E-state index contributed by atoms with van der Waals surface area (Å²) in [6.07, 6.45) is 3.74. The van der Waals surface area contributed by atoms with Gasteiger partial charge in [0, 0.05) is 13.0 Å². The molecule has 2 amide bonds. The molecule has 3 heterocycles. The van der Waals surface area contributed by atoms with Gasteiger partial charge in [-0.2, -0.15) is 0 Å². The molecule has 0 atom stereocenters.